The molecule has 2 aliphatic rings. The first kappa shape index (κ1) is 19.5. The predicted octanol–water partition coefficient (Wildman–Crippen LogP) is 2.50. The Labute approximate surface area is 172 Å². The third kappa shape index (κ3) is 3.61. The van der Waals surface area contributed by atoms with Crippen molar-refractivity contribution >= 4 is 28.8 Å². The van der Waals surface area contributed by atoms with Crippen molar-refractivity contribution in [1.82, 2.24) is 9.80 Å². The molecule has 0 bridgehead atoms. The van der Waals surface area contributed by atoms with Crippen molar-refractivity contribution in [2.45, 2.75) is 6.04 Å². The molecule has 0 spiro atoms. The number of Topliss-reactive ketones (excluding diaryl/α,β-unsaturated/α-hetero) is 1. The van der Waals surface area contributed by atoms with Gasteiger partial charge in [0.1, 0.15) is 19.0 Å². The number of aliphatic hydroxyl groups excluding tert-OH is 1. The molecule has 8 heteroatoms. The van der Waals surface area contributed by atoms with Crippen LogP contribution in [0.25, 0.3) is 5.76 Å². The molecule has 4 rings (SSSR count). The van der Waals surface area contributed by atoms with E-state index in [1.54, 1.807) is 18.2 Å². The molecule has 3 heterocycles. The van der Waals surface area contributed by atoms with Crippen molar-refractivity contribution in [3.8, 4) is 11.5 Å². The van der Waals surface area contributed by atoms with Gasteiger partial charge in [-0.2, -0.15) is 0 Å². The lowest BCUT2D eigenvalue weighted by Gasteiger charge is -2.25. The molecule has 1 aromatic carbocycles. The van der Waals surface area contributed by atoms with Crippen molar-refractivity contribution in [2.75, 3.05) is 40.4 Å². The second kappa shape index (κ2) is 7.88. The summed E-state index contributed by atoms with van der Waals surface area (Å²) < 4.78 is 11.1. The lowest BCUT2D eigenvalue weighted by Crippen LogP contribution is -2.35. The van der Waals surface area contributed by atoms with Gasteiger partial charge >= 0.3 is 0 Å². The summed E-state index contributed by atoms with van der Waals surface area (Å²) in [7, 11) is 3.82. The molecule has 1 amide bonds. The van der Waals surface area contributed by atoms with E-state index in [2.05, 4.69) is 0 Å². The van der Waals surface area contributed by atoms with Crippen LogP contribution in [0.3, 0.4) is 0 Å². The number of hydrogen-bond donors (Lipinski definition) is 1. The van der Waals surface area contributed by atoms with E-state index in [1.807, 2.05) is 36.5 Å². The van der Waals surface area contributed by atoms with Gasteiger partial charge in [-0.05, 0) is 43.7 Å². The number of nitrogens with zero attached hydrogens (tertiary/aromatic N) is 2. The molecule has 29 heavy (non-hydrogen) atoms. The summed E-state index contributed by atoms with van der Waals surface area (Å²) in [5, 5.41) is 12.9. The molecule has 0 radical (unpaired) electrons. The zero-order chi connectivity index (χ0) is 20.5. The molecular formula is C21H22N2O5S. The van der Waals surface area contributed by atoms with Gasteiger partial charge in [0, 0.05) is 23.5 Å². The average Bonchev–Trinajstić information content (AvgIpc) is 3.33. The van der Waals surface area contributed by atoms with Crippen molar-refractivity contribution in [3.63, 3.8) is 0 Å². The highest BCUT2D eigenvalue weighted by atomic mass is 32.1. The number of likely N-dealkylation sites (tertiary alicyclic amines) is 1. The Balaban J connectivity index is 1.79. The highest BCUT2D eigenvalue weighted by molar-refractivity contribution is 7.10. The normalized spacial score (nSPS) is 20.5. The summed E-state index contributed by atoms with van der Waals surface area (Å²) >= 11 is 1.45. The first-order valence-corrected chi connectivity index (χ1v) is 10.2. The van der Waals surface area contributed by atoms with Gasteiger partial charge in [-0.3, -0.25) is 9.59 Å². The van der Waals surface area contributed by atoms with Crippen LogP contribution in [0.1, 0.15) is 16.5 Å². The Hall–Kier alpha value is -2.84. The van der Waals surface area contributed by atoms with Gasteiger partial charge in [0.2, 0.25) is 0 Å². The standard InChI is InChI=1S/C21H22N2O5S/c1-22(2)7-8-23-18(16-4-3-11-29-16)17(20(25)21(23)26)19(24)13-5-6-14-15(12-13)28-10-9-27-14/h3-6,11-12,18,24H,7-10H2,1-2H3. The van der Waals surface area contributed by atoms with Crippen LogP contribution in [0.2, 0.25) is 0 Å². The van der Waals surface area contributed by atoms with Crippen molar-refractivity contribution in [2.24, 2.45) is 0 Å². The minimum absolute atomic E-state index is 0.105. The highest BCUT2D eigenvalue weighted by Crippen LogP contribution is 2.42. The maximum absolute atomic E-state index is 12.9. The second-order valence-corrected chi connectivity index (χ2v) is 8.15. The third-order valence-electron chi connectivity index (χ3n) is 4.96. The Morgan fingerprint density at radius 1 is 1.21 bits per heavy atom. The summed E-state index contributed by atoms with van der Waals surface area (Å²) in [5.41, 5.74) is 0.522. The van der Waals surface area contributed by atoms with Gasteiger partial charge in [-0.25, -0.2) is 0 Å². The number of ketones is 1. The summed E-state index contributed by atoms with van der Waals surface area (Å²) in [6, 6.07) is 8.15. The average molecular weight is 414 g/mol. The van der Waals surface area contributed by atoms with Gasteiger partial charge in [-0.1, -0.05) is 6.07 Å². The fourth-order valence-corrected chi connectivity index (χ4v) is 4.35. The van der Waals surface area contributed by atoms with Crippen LogP contribution in [0.4, 0.5) is 0 Å². The lowest BCUT2D eigenvalue weighted by molar-refractivity contribution is -0.140. The van der Waals surface area contributed by atoms with Crippen LogP contribution < -0.4 is 9.47 Å². The van der Waals surface area contributed by atoms with Gasteiger partial charge in [0.25, 0.3) is 11.7 Å². The number of carbonyl (C=O) groups excluding carboxylic acids is 2. The predicted molar refractivity (Wildman–Crippen MR) is 109 cm³/mol. The molecule has 1 saturated heterocycles. The van der Waals surface area contributed by atoms with Crippen molar-refractivity contribution in [1.29, 1.82) is 0 Å². The number of benzene rings is 1. The number of rotatable bonds is 5. The molecule has 152 valence electrons. The zero-order valence-corrected chi connectivity index (χ0v) is 17.1. The number of ether oxygens (including phenoxy) is 2. The maximum atomic E-state index is 12.9. The van der Waals surface area contributed by atoms with Gasteiger partial charge in [-0.15, -0.1) is 11.3 Å². The molecular weight excluding hydrogens is 392 g/mol. The fourth-order valence-electron chi connectivity index (χ4n) is 3.51. The number of hydrogen-bond acceptors (Lipinski definition) is 7. The van der Waals surface area contributed by atoms with Crippen LogP contribution in [0, 0.1) is 0 Å². The summed E-state index contributed by atoms with van der Waals surface area (Å²) in [6.07, 6.45) is 0. The van der Waals surface area contributed by atoms with Crippen molar-refractivity contribution in [3.05, 3.63) is 51.7 Å². The first-order chi connectivity index (χ1) is 14.0. The Morgan fingerprint density at radius 3 is 2.66 bits per heavy atom. The van der Waals surface area contributed by atoms with E-state index < -0.39 is 17.7 Å². The van der Waals surface area contributed by atoms with Crippen LogP contribution >= 0.6 is 11.3 Å². The first-order valence-electron chi connectivity index (χ1n) is 9.34. The number of thiophene rings is 1. The molecule has 1 N–H and O–H groups in total. The SMILES string of the molecule is CN(C)CCN1C(=O)C(=O)C(=C(O)c2ccc3c(c2)OCCO3)C1c1cccs1. The van der Waals surface area contributed by atoms with E-state index in [1.165, 1.54) is 16.2 Å². The zero-order valence-electron chi connectivity index (χ0n) is 16.3. The quantitative estimate of drug-likeness (QED) is 0.460. The van der Waals surface area contributed by atoms with Gasteiger partial charge in [0.15, 0.2) is 11.5 Å². The molecule has 2 aliphatic heterocycles. The minimum Gasteiger partial charge on any atom is -0.507 e. The maximum Gasteiger partial charge on any atom is 0.295 e. The third-order valence-corrected chi connectivity index (χ3v) is 5.88. The van der Waals surface area contributed by atoms with E-state index in [9.17, 15) is 14.7 Å². The van der Waals surface area contributed by atoms with Crippen LogP contribution in [-0.4, -0.2) is 67.0 Å². The smallest absolute Gasteiger partial charge is 0.295 e. The second-order valence-electron chi connectivity index (χ2n) is 7.17. The topological polar surface area (TPSA) is 79.3 Å². The van der Waals surface area contributed by atoms with Gasteiger partial charge in [0.05, 0.1) is 11.6 Å². The van der Waals surface area contributed by atoms with E-state index in [4.69, 9.17) is 9.47 Å². The van der Waals surface area contributed by atoms with E-state index >= 15 is 0 Å². The monoisotopic (exact) mass is 414 g/mol. The summed E-state index contributed by atoms with van der Waals surface area (Å²) in [5.74, 6) is -0.367. The molecule has 1 unspecified atom stereocenters. The summed E-state index contributed by atoms with van der Waals surface area (Å²) in [6.45, 7) is 1.88. The number of aliphatic hydroxyl groups is 1. The molecule has 1 aromatic heterocycles. The number of amides is 1. The fraction of sp³-hybridized carbons (Fsp3) is 0.333. The molecule has 2 aromatic rings. The number of fused-ring (bicyclic) bond motifs is 1. The number of likely N-dealkylation sites (N-methyl/N-ethyl adjacent to an activating group) is 1. The lowest BCUT2D eigenvalue weighted by atomic mass is 9.99. The van der Waals surface area contributed by atoms with Crippen LogP contribution in [0.15, 0.2) is 41.3 Å². The van der Waals surface area contributed by atoms with Crippen molar-refractivity contribution < 1.29 is 24.2 Å². The molecule has 0 saturated carbocycles. The van der Waals surface area contributed by atoms with Crippen LogP contribution in [-0.2, 0) is 9.59 Å². The van der Waals surface area contributed by atoms with E-state index in [-0.39, 0.29) is 11.3 Å². The van der Waals surface area contributed by atoms with E-state index in [0.717, 1.165) is 4.88 Å². The Bertz CT molecular complexity index is 967. The largest absolute Gasteiger partial charge is 0.507 e. The molecule has 7 nitrogen and oxygen atoms in total. The molecule has 0 aliphatic carbocycles. The van der Waals surface area contributed by atoms with Gasteiger partial charge < -0.3 is 24.4 Å². The minimum atomic E-state index is -0.672. The summed E-state index contributed by atoms with van der Waals surface area (Å²) in [4.78, 5) is 30.0. The Kier molecular flexibility index (Phi) is 5.29. The molecule has 1 atom stereocenters. The number of carbonyl (C=O) groups is 2. The highest BCUT2D eigenvalue weighted by Gasteiger charge is 2.46. The molecule has 1 fully saturated rings. The van der Waals surface area contributed by atoms with Crippen LogP contribution in [0.5, 0.6) is 11.5 Å². The Morgan fingerprint density at radius 2 is 1.97 bits per heavy atom. The van der Waals surface area contributed by atoms with E-state index in [0.29, 0.717) is 43.4 Å².